The Morgan fingerprint density at radius 2 is 2.00 bits per heavy atom. The first-order chi connectivity index (χ1) is 6.31. The Hall–Kier alpha value is 0.0139. The van der Waals surface area contributed by atoms with Crippen LogP contribution in [-0.2, 0) is 39.3 Å². The van der Waals surface area contributed by atoms with E-state index < -0.39 is 0 Å². The normalized spacial score (nSPS) is 9.36. The van der Waals surface area contributed by atoms with Gasteiger partial charge in [0.15, 0.2) is 0 Å². The number of rotatable bonds is 4. The minimum absolute atomic E-state index is 0. The van der Waals surface area contributed by atoms with Gasteiger partial charge in [-0.2, -0.15) is 0 Å². The number of pyridine rings is 1. The molecule has 0 saturated heterocycles. The van der Waals surface area contributed by atoms with Crippen LogP contribution >= 0.6 is 0 Å². The second kappa shape index (κ2) is 7.32. The van der Waals surface area contributed by atoms with Gasteiger partial charge >= 0.3 is 0 Å². The van der Waals surface area contributed by atoms with Crippen LogP contribution in [0.5, 0.6) is 0 Å². The molecule has 0 aliphatic heterocycles. The molecule has 1 heterocycles. The van der Waals surface area contributed by atoms with E-state index in [1.54, 1.807) is 12.3 Å². The van der Waals surface area contributed by atoms with Gasteiger partial charge in [0.25, 0.3) is 0 Å². The molecule has 0 aliphatic rings. The predicted molar refractivity (Wildman–Crippen MR) is 53.1 cm³/mol. The molecule has 0 aliphatic carbocycles. The summed E-state index contributed by atoms with van der Waals surface area (Å²) in [6, 6.07) is 3.63. The van der Waals surface area contributed by atoms with Gasteiger partial charge in [0.2, 0.25) is 0 Å². The Morgan fingerprint density at radius 1 is 1.36 bits per heavy atom. The molecule has 0 aromatic carbocycles. The average Bonchev–Trinajstić information content (AvgIpc) is 2.20. The van der Waals surface area contributed by atoms with Crippen molar-refractivity contribution in [3.05, 3.63) is 37.7 Å². The van der Waals surface area contributed by atoms with Crippen molar-refractivity contribution in [2.24, 2.45) is 0 Å². The Kier molecular flexibility index (Phi) is 7.33. The molecule has 1 aromatic heterocycles. The van der Waals surface area contributed by atoms with E-state index in [9.17, 15) is 0 Å². The van der Waals surface area contributed by atoms with Gasteiger partial charge in [-0.05, 0) is 17.7 Å². The largest absolute Gasteiger partial charge is 0.417 e. The van der Waals surface area contributed by atoms with Crippen molar-refractivity contribution in [2.45, 2.75) is 6.61 Å². The topological polar surface area (TPSA) is 36.4 Å². The summed E-state index contributed by atoms with van der Waals surface area (Å²) in [7, 11) is 0. The summed E-state index contributed by atoms with van der Waals surface area (Å²) in [5.41, 5.74) is 0.858. The molecule has 4 heteroatoms. The van der Waals surface area contributed by atoms with E-state index in [1.165, 1.54) is 0 Å². The fourth-order valence-corrected chi connectivity index (χ4v) is 1.07. The standard InChI is InChI=1S/C10H14N2O.Y/c1-3-12(4-2)10-7-9(8-13)5-6-11-10;/h5-7,13H,1-4,8H2;/q-2;. The molecule has 3 nitrogen and oxygen atoms in total. The van der Waals surface area contributed by atoms with Crippen molar-refractivity contribution in [3.8, 4) is 0 Å². The zero-order valence-electron chi connectivity index (χ0n) is 8.19. The maximum absolute atomic E-state index is 8.91. The molecule has 1 rings (SSSR count). The number of hydrogen-bond acceptors (Lipinski definition) is 3. The number of aliphatic hydroxyl groups excluding tert-OH is 1. The van der Waals surface area contributed by atoms with Gasteiger partial charge in [0, 0.05) is 38.9 Å². The average molecular weight is 267 g/mol. The van der Waals surface area contributed by atoms with Crippen LogP contribution in [-0.4, -0.2) is 23.2 Å². The molecule has 0 unspecified atom stereocenters. The summed E-state index contributed by atoms with van der Waals surface area (Å²) in [6.07, 6.45) is 1.68. The smallest absolute Gasteiger partial charge is 0.123 e. The SMILES string of the molecule is [CH2-]CN(C[CH2-])c1cc(CO)ccn1.[Y]. The van der Waals surface area contributed by atoms with E-state index in [4.69, 9.17) is 5.11 Å². The maximum atomic E-state index is 8.91. The summed E-state index contributed by atoms with van der Waals surface area (Å²) in [5.74, 6) is 0.816. The van der Waals surface area contributed by atoms with Crippen LogP contribution in [0, 0.1) is 13.8 Å². The molecule has 14 heavy (non-hydrogen) atoms. The summed E-state index contributed by atoms with van der Waals surface area (Å²) in [5, 5.41) is 8.91. The Balaban J connectivity index is 0.00000169. The summed E-state index contributed by atoms with van der Waals surface area (Å²) in [6.45, 7) is 8.84. The van der Waals surface area contributed by atoms with Gasteiger partial charge in [0.05, 0.1) is 6.61 Å². The van der Waals surface area contributed by atoms with Crippen molar-refractivity contribution >= 4 is 5.82 Å². The zero-order valence-corrected chi connectivity index (χ0v) is 11.0. The van der Waals surface area contributed by atoms with Gasteiger partial charge in [-0.15, -0.1) is 13.1 Å². The van der Waals surface area contributed by atoms with Crippen molar-refractivity contribution < 1.29 is 37.8 Å². The monoisotopic (exact) mass is 267 g/mol. The Bertz CT molecular complexity index is 264. The molecule has 1 N–H and O–H groups in total. The van der Waals surface area contributed by atoms with Crippen LogP contribution < -0.4 is 4.90 Å². The van der Waals surface area contributed by atoms with Crippen LogP contribution in [0.1, 0.15) is 5.56 Å². The minimum Gasteiger partial charge on any atom is -0.417 e. The van der Waals surface area contributed by atoms with E-state index in [0.717, 1.165) is 11.4 Å². The summed E-state index contributed by atoms with van der Waals surface area (Å²) in [4.78, 5) is 6.09. The van der Waals surface area contributed by atoms with Crippen molar-refractivity contribution in [2.75, 3.05) is 18.0 Å². The Morgan fingerprint density at radius 3 is 2.50 bits per heavy atom. The Labute approximate surface area is 110 Å². The second-order valence-corrected chi connectivity index (χ2v) is 2.67. The molecular formula is C10H14N2OY-2. The number of anilines is 1. The quantitative estimate of drug-likeness (QED) is 0.828. The summed E-state index contributed by atoms with van der Waals surface area (Å²) >= 11 is 0. The molecule has 0 bridgehead atoms. The number of nitrogens with zero attached hydrogens (tertiary/aromatic N) is 2. The number of aromatic nitrogens is 1. The van der Waals surface area contributed by atoms with E-state index in [1.807, 2.05) is 11.0 Å². The van der Waals surface area contributed by atoms with Crippen LogP contribution in [0.15, 0.2) is 18.3 Å². The first-order valence-electron chi connectivity index (χ1n) is 4.21. The molecule has 0 spiro atoms. The fraction of sp³-hybridized carbons (Fsp3) is 0.300. The third kappa shape index (κ3) is 3.64. The van der Waals surface area contributed by atoms with E-state index in [0.29, 0.717) is 13.1 Å². The van der Waals surface area contributed by atoms with Gasteiger partial charge in [-0.25, -0.2) is 4.98 Å². The van der Waals surface area contributed by atoms with E-state index in [2.05, 4.69) is 18.8 Å². The fourth-order valence-electron chi connectivity index (χ4n) is 1.07. The minimum atomic E-state index is 0. The molecule has 0 amide bonds. The second-order valence-electron chi connectivity index (χ2n) is 2.67. The van der Waals surface area contributed by atoms with E-state index >= 15 is 0 Å². The van der Waals surface area contributed by atoms with Crippen LogP contribution in [0.25, 0.3) is 0 Å². The van der Waals surface area contributed by atoms with Gasteiger partial charge in [-0.1, -0.05) is 0 Å². The van der Waals surface area contributed by atoms with Gasteiger partial charge < -0.3 is 23.9 Å². The van der Waals surface area contributed by atoms with E-state index in [-0.39, 0.29) is 39.3 Å². The first-order valence-corrected chi connectivity index (χ1v) is 4.21. The van der Waals surface area contributed by atoms with Crippen LogP contribution in [0.4, 0.5) is 5.82 Å². The van der Waals surface area contributed by atoms with Crippen molar-refractivity contribution in [1.29, 1.82) is 0 Å². The maximum Gasteiger partial charge on any atom is 0.123 e. The first kappa shape index (κ1) is 14.0. The van der Waals surface area contributed by atoms with Crippen molar-refractivity contribution in [1.82, 2.24) is 4.98 Å². The molecule has 0 fully saturated rings. The molecular weight excluding hydrogens is 253 g/mol. The van der Waals surface area contributed by atoms with Crippen molar-refractivity contribution in [3.63, 3.8) is 0 Å². The summed E-state index contributed by atoms with van der Waals surface area (Å²) < 4.78 is 0. The third-order valence-corrected chi connectivity index (χ3v) is 1.86. The van der Waals surface area contributed by atoms with Crippen LogP contribution in [0.2, 0.25) is 0 Å². The van der Waals surface area contributed by atoms with Gasteiger partial charge in [-0.3, -0.25) is 0 Å². The molecule has 1 aromatic rings. The number of hydrogen-bond donors (Lipinski definition) is 1. The molecule has 0 saturated carbocycles. The van der Waals surface area contributed by atoms with Gasteiger partial charge in [0.1, 0.15) is 5.82 Å². The zero-order chi connectivity index (χ0) is 9.68. The number of aliphatic hydroxyl groups is 1. The molecule has 1 radical (unpaired) electrons. The molecule has 75 valence electrons. The van der Waals surface area contributed by atoms with Crippen LogP contribution in [0.3, 0.4) is 0 Å². The predicted octanol–water partition coefficient (Wildman–Crippen LogP) is 1.05. The third-order valence-electron chi connectivity index (χ3n) is 1.86. The molecule has 0 atom stereocenters.